The minimum atomic E-state index is 0.126. The first-order valence-corrected chi connectivity index (χ1v) is 10.8. The van der Waals surface area contributed by atoms with Crippen LogP contribution in [0.2, 0.25) is 0 Å². The molecule has 27 heavy (non-hydrogen) atoms. The molecular weight excluding hydrogens is 354 g/mol. The van der Waals surface area contributed by atoms with E-state index in [9.17, 15) is 4.79 Å². The van der Waals surface area contributed by atoms with Crippen LogP contribution in [0, 0.1) is 6.92 Å². The zero-order chi connectivity index (χ0) is 19.0. The highest BCUT2D eigenvalue weighted by molar-refractivity contribution is 7.17. The zero-order valence-electron chi connectivity index (χ0n) is 16.3. The van der Waals surface area contributed by atoms with Gasteiger partial charge in [0, 0.05) is 24.0 Å². The van der Waals surface area contributed by atoms with Gasteiger partial charge in [-0.05, 0) is 75.0 Å². The average Bonchev–Trinajstić information content (AvgIpc) is 3.28. The highest BCUT2D eigenvalue weighted by Gasteiger charge is 2.27. The Kier molecular flexibility index (Phi) is 5.35. The number of amides is 1. The zero-order valence-corrected chi connectivity index (χ0v) is 17.1. The van der Waals surface area contributed by atoms with E-state index >= 15 is 0 Å². The van der Waals surface area contributed by atoms with Crippen LogP contribution in [0.25, 0.3) is 10.4 Å². The Bertz CT molecular complexity index is 805. The van der Waals surface area contributed by atoms with Crippen molar-refractivity contribution in [1.82, 2.24) is 9.80 Å². The molecule has 2 fully saturated rings. The molecule has 0 radical (unpaired) electrons. The van der Waals surface area contributed by atoms with E-state index in [4.69, 9.17) is 5.73 Å². The molecule has 5 heteroatoms. The van der Waals surface area contributed by atoms with E-state index in [2.05, 4.69) is 42.3 Å². The van der Waals surface area contributed by atoms with Crippen LogP contribution in [0.4, 0.5) is 0 Å². The van der Waals surface area contributed by atoms with Crippen LogP contribution in [0.15, 0.2) is 30.3 Å². The number of hydrogen-bond donors (Lipinski definition) is 1. The topological polar surface area (TPSA) is 49.6 Å². The van der Waals surface area contributed by atoms with Gasteiger partial charge in [0.2, 0.25) is 0 Å². The van der Waals surface area contributed by atoms with Gasteiger partial charge in [-0.2, -0.15) is 0 Å². The van der Waals surface area contributed by atoms with Crippen LogP contribution in [0.3, 0.4) is 0 Å². The van der Waals surface area contributed by atoms with Crippen LogP contribution in [-0.4, -0.2) is 55.0 Å². The van der Waals surface area contributed by atoms with Crippen LogP contribution in [0.1, 0.15) is 46.0 Å². The molecule has 2 aromatic rings. The molecule has 1 aromatic carbocycles. The highest BCUT2D eigenvalue weighted by Crippen LogP contribution is 2.34. The molecule has 2 aliphatic heterocycles. The maximum absolute atomic E-state index is 12.8. The van der Waals surface area contributed by atoms with Crippen LogP contribution in [0.5, 0.6) is 0 Å². The number of piperidine rings is 1. The summed E-state index contributed by atoms with van der Waals surface area (Å²) in [6, 6.07) is 11.3. The fraction of sp³-hybridized carbons (Fsp3) is 0.500. The Labute approximate surface area is 166 Å². The molecule has 2 N–H and O–H groups in total. The summed E-state index contributed by atoms with van der Waals surface area (Å²) in [5.74, 6) is 0.816. The summed E-state index contributed by atoms with van der Waals surface area (Å²) in [6.45, 7) is 5.86. The molecule has 1 atom stereocenters. The second kappa shape index (κ2) is 7.74. The third-order valence-corrected chi connectivity index (χ3v) is 7.28. The number of nitrogens with two attached hydrogens (primary N) is 1. The lowest BCUT2D eigenvalue weighted by Gasteiger charge is -2.29. The molecular formula is C22H29N3OS. The van der Waals surface area contributed by atoms with Gasteiger partial charge in [0.15, 0.2) is 0 Å². The Morgan fingerprint density at radius 2 is 1.81 bits per heavy atom. The smallest absolute Gasteiger partial charge is 0.264 e. The fourth-order valence-corrected chi connectivity index (χ4v) is 5.36. The number of thiophene rings is 1. The average molecular weight is 384 g/mol. The molecule has 4 rings (SSSR count). The lowest BCUT2D eigenvalue weighted by molar-refractivity contribution is 0.0795. The molecule has 3 heterocycles. The predicted octanol–water partition coefficient (Wildman–Crippen LogP) is 3.71. The van der Waals surface area contributed by atoms with Crippen LogP contribution < -0.4 is 5.73 Å². The molecule has 1 aromatic heterocycles. The van der Waals surface area contributed by atoms with E-state index in [-0.39, 0.29) is 11.9 Å². The number of rotatable bonds is 3. The lowest BCUT2D eigenvalue weighted by atomic mass is 9.89. The Morgan fingerprint density at radius 3 is 2.44 bits per heavy atom. The quantitative estimate of drug-likeness (QED) is 0.879. The van der Waals surface area contributed by atoms with Gasteiger partial charge in [0.05, 0.1) is 4.88 Å². The van der Waals surface area contributed by atoms with Gasteiger partial charge in [0.25, 0.3) is 5.91 Å². The largest absolute Gasteiger partial charge is 0.336 e. The van der Waals surface area contributed by atoms with Gasteiger partial charge in [0.1, 0.15) is 0 Å². The molecule has 0 spiro atoms. The lowest BCUT2D eigenvalue weighted by Crippen LogP contribution is -2.31. The Hall–Kier alpha value is -1.69. The second-order valence-electron chi connectivity index (χ2n) is 8.12. The second-order valence-corrected chi connectivity index (χ2v) is 9.17. The Morgan fingerprint density at radius 1 is 1.11 bits per heavy atom. The summed E-state index contributed by atoms with van der Waals surface area (Å²) in [7, 11) is 2.20. The van der Waals surface area contributed by atoms with Gasteiger partial charge < -0.3 is 15.5 Å². The molecule has 4 nitrogen and oxygen atoms in total. The van der Waals surface area contributed by atoms with Crippen molar-refractivity contribution in [3.8, 4) is 10.4 Å². The number of benzene rings is 1. The summed E-state index contributed by atoms with van der Waals surface area (Å²) in [5, 5.41) is 0. The SMILES string of the molecule is Cc1cc(-c2ccc(C3CCN(C)CC3)cc2)sc1C(=O)N1CC[C@H](N)C1. The minimum absolute atomic E-state index is 0.126. The number of carbonyl (C=O) groups is 1. The molecule has 0 unspecified atom stereocenters. The number of likely N-dealkylation sites (tertiary alicyclic amines) is 2. The molecule has 0 bridgehead atoms. The van der Waals surface area contributed by atoms with Crippen molar-refractivity contribution in [1.29, 1.82) is 0 Å². The van der Waals surface area contributed by atoms with E-state index in [0.717, 1.165) is 23.4 Å². The van der Waals surface area contributed by atoms with Crippen LogP contribution in [-0.2, 0) is 0 Å². The molecule has 1 amide bonds. The third-order valence-electron chi connectivity index (χ3n) is 6.01. The van der Waals surface area contributed by atoms with Crippen molar-refractivity contribution in [3.63, 3.8) is 0 Å². The van der Waals surface area contributed by atoms with E-state index in [1.54, 1.807) is 11.3 Å². The molecule has 0 saturated carbocycles. The first kappa shape index (κ1) is 18.7. The maximum atomic E-state index is 12.8. The summed E-state index contributed by atoms with van der Waals surface area (Å²) < 4.78 is 0. The van der Waals surface area contributed by atoms with Gasteiger partial charge in [-0.3, -0.25) is 4.79 Å². The fourth-order valence-electron chi connectivity index (χ4n) is 4.21. The summed E-state index contributed by atoms with van der Waals surface area (Å²) in [6.07, 6.45) is 3.39. The van der Waals surface area contributed by atoms with Crippen LogP contribution >= 0.6 is 11.3 Å². The molecule has 144 valence electrons. The third kappa shape index (κ3) is 3.96. The van der Waals surface area contributed by atoms with Crippen molar-refractivity contribution >= 4 is 17.2 Å². The monoisotopic (exact) mass is 383 g/mol. The normalized spacial score (nSPS) is 21.7. The molecule has 2 aliphatic rings. The van der Waals surface area contributed by atoms with E-state index < -0.39 is 0 Å². The maximum Gasteiger partial charge on any atom is 0.264 e. The van der Waals surface area contributed by atoms with Gasteiger partial charge in [-0.1, -0.05) is 24.3 Å². The van der Waals surface area contributed by atoms with Gasteiger partial charge >= 0.3 is 0 Å². The minimum Gasteiger partial charge on any atom is -0.336 e. The first-order chi connectivity index (χ1) is 13.0. The summed E-state index contributed by atoms with van der Waals surface area (Å²) >= 11 is 1.61. The van der Waals surface area contributed by atoms with E-state index in [1.165, 1.54) is 41.9 Å². The summed E-state index contributed by atoms with van der Waals surface area (Å²) in [5.41, 5.74) is 9.69. The summed E-state index contributed by atoms with van der Waals surface area (Å²) in [4.78, 5) is 19.2. The predicted molar refractivity (Wildman–Crippen MR) is 112 cm³/mol. The molecule has 0 aliphatic carbocycles. The first-order valence-electron chi connectivity index (χ1n) is 9.95. The van der Waals surface area contributed by atoms with Crippen molar-refractivity contribution in [2.75, 3.05) is 33.2 Å². The standard InChI is InChI=1S/C22H29N3OS/c1-15-13-20(27-21(15)22(26)25-12-9-19(23)14-25)18-5-3-16(4-6-18)17-7-10-24(2)11-8-17/h3-6,13,17,19H,7-12,14,23H2,1-2H3/t19-/m0/s1. The van der Waals surface area contributed by atoms with E-state index in [1.807, 2.05) is 11.8 Å². The number of carbonyl (C=O) groups excluding carboxylic acids is 1. The van der Waals surface area contributed by atoms with Crippen molar-refractivity contribution < 1.29 is 4.79 Å². The molecule has 2 saturated heterocycles. The number of aryl methyl sites for hydroxylation is 1. The van der Waals surface area contributed by atoms with Gasteiger partial charge in [-0.25, -0.2) is 0 Å². The number of hydrogen-bond acceptors (Lipinski definition) is 4. The van der Waals surface area contributed by atoms with Crippen molar-refractivity contribution in [3.05, 3.63) is 46.3 Å². The highest BCUT2D eigenvalue weighted by atomic mass is 32.1. The van der Waals surface area contributed by atoms with Gasteiger partial charge in [-0.15, -0.1) is 11.3 Å². The number of nitrogens with zero attached hydrogens (tertiary/aromatic N) is 2. The van der Waals surface area contributed by atoms with Crippen molar-refractivity contribution in [2.45, 2.75) is 38.1 Å². The van der Waals surface area contributed by atoms with Crippen molar-refractivity contribution in [2.24, 2.45) is 5.73 Å². The Balaban J connectivity index is 1.50. The van der Waals surface area contributed by atoms with E-state index in [0.29, 0.717) is 12.5 Å².